The molecule has 30 heavy (non-hydrogen) atoms. The Balaban J connectivity index is 1.51. The van der Waals surface area contributed by atoms with Crippen LogP contribution in [0.25, 0.3) is 0 Å². The molecule has 3 rings (SSSR count). The molecule has 0 aliphatic carbocycles. The zero-order valence-electron chi connectivity index (χ0n) is 16.1. The van der Waals surface area contributed by atoms with E-state index in [1.165, 1.54) is 16.4 Å². The van der Waals surface area contributed by atoms with Gasteiger partial charge in [-0.05, 0) is 35.4 Å². The Bertz CT molecular complexity index is 996. The van der Waals surface area contributed by atoms with E-state index in [1.807, 2.05) is 0 Å². The van der Waals surface area contributed by atoms with Crippen molar-refractivity contribution in [2.75, 3.05) is 18.8 Å². The fraction of sp³-hybridized carbons (Fsp3) is 0.350. The number of halogens is 3. The first kappa shape index (κ1) is 22.1. The number of nitrogens with zero attached hydrogens (tertiary/aromatic N) is 2. The van der Waals surface area contributed by atoms with Crippen molar-refractivity contribution in [1.29, 1.82) is 0 Å². The van der Waals surface area contributed by atoms with E-state index >= 15 is 0 Å². The van der Waals surface area contributed by atoms with E-state index in [0.29, 0.717) is 35.4 Å². The van der Waals surface area contributed by atoms with E-state index in [1.54, 1.807) is 24.3 Å². The molecule has 162 valence electrons. The van der Waals surface area contributed by atoms with Gasteiger partial charge in [-0.1, -0.05) is 29.4 Å². The second-order valence-electron chi connectivity index (χ2n) is 7.03. The molecular formula is C20H22F3N3O3S. The lowest BCUT2D eigenvalue weighted by molar-refractivity contribution is -0.137. The van der Waals surface area contributed by atoms with Crippen LogP contribution >= 0.6 is 0 Å². The van der Waals surface area contributed by atoms with Crippen LogP contribution in [-0.4, -0.2) is 31.5 Å². The van der Waals surface area contributed by atoms with Gasteiger partial charge in [-0.3, -0.25) is 0 Å². The molecule has 0 spiro atoms. The normalized spacial score (nSPS) is 15.8. The second-order valence-corrected chi connectivity index (χ2v) is 8.99. The van der Waals surface area contributed by atoms with Crippen molar-refractivity contribution in [3.63, 3.8) is 0 Å². The molecule has 1 fully saturated rings. The highest BCUT2D eigenvalue weighted by atomic mass is 32.2. The number of alkyl halides is 3. The lowest BCUT2D eigenvalue weighted by Gasteiger charge is -2.26. The molecule has 1 heterocycles. The number of hydrogen-bond acceptors (Lipinski definition) is 5. The highest BCUT2D eigenvalue weighted by Crippen LogP contribution is 2.29. The SMILES string of the molecule is Nc1ccc(CS(=O)(=O)N2CCC(=NOCc3cccc(C(F)(F)F)c3)CC2)cc1. The Hall–Kier alpha value is -2.59. The smallest absolute Gasteiger partial charge is 0.399 e. The van der Waals surface area contributed by atoms with E-state index in [4.69, 9.17) is 10.6 Å². The molecule has 2 aromatic rings. The summed E-state index contributed by atoms with van der Waals surface area (Å²) in [5.41, 5.74) is 7.15. The van der Waals surface area contributed by atoms with Crippen LogP contribution in [0.15, 0.2) is 53.7 Å². The molecule has 1 aliphatic heterocycles. The Kier molecular flexibility index (Phi) is 6.67. The van der Waals surface area contributed by atoms with Crippen molar-refractivity contribution >= 4 is 21.4 Å². The number of oxime groups is 1. The maximum absolute atomic E-state index is 12.7. The average molecular weight is 441 g/mol. The summed E-state index contributed by atoms with van der Waals surface area (Å²) in [6, 6.07) is 11.6. The van der Waals surface area contributed by atoms with E-state index in [-0.39, 0.29) is 25.4 Å². The predicted octanol–water partition coefficient (Wildman–Crippen LogP) is 3.79. The standard InChI is InChI=1S/C20H22F3N3O3S/c21-20(22,23)17-3-1-2-16(12-17)13-29-25-19-8-10-26(11-9-19)30(27,28)14-15-4-6-18(24)7-5-15/h1-7,12H,8-11,13-14,24H2. The molecule has 10 heteroatoms. The predicted molar refractivity (Wildman–Crippen MR) is 108 cm³/mol. The van der Waals surface area contributed by atoms with E-state index in [9.17, 15) is 21.6 Å². The third-order valence-electron chi connectivity index (χ3n) is 4.70. The Morgan fingerprint density at radius 1 is 1.03 bits per heavy atom. The van der Waals surface area contributed by atoms with Gasteiger partial charge in [-0.15, -0.1) is 0 Å². The maximum Gasteiger partial charge on any atom is 0.416 e. The minimum absolute atomic E-state index is 0.0907. The summed E-state index contributed by atoms with van der Waals surface area (Å²) in [7, 11) is -3.46. The van der Waals surface area contributed by atoms with Crippen molar-refractivity contribution in [2.45, 2.75) is 31.4 Å². The van der Waals surface area contributed by atoms with Crippen LogP contribution < -0.4 is 5.73 Å². The number of anilines is 1. The molecular weight excluding hydrogens is 419 g/mol. The first-order chi connectivity index (χ1) is 14.1. The van der Waals surface area contributed by atoms with Crippen molar-refractivity contribution in [3.8, 4) is 0 Å². The molecule has 0 saturated carbocycles. The quantitative estimate of drug-likeness (QED) is 0.546. The van der Waals surface area contributed by atoms with Crippen LogP contribution in [0.4, 0.5) is 18.9 Å². The van der Waals surface area contributed by atoms with Crippen LogP contribution in [0, 0.1) is 0 Å². The van der Waals surface area contributed by atoms with Gasteiger partial charge in [0.1, 0.15) is 6.61 Å². The van der Waals surface area contributed by atoms with Gasteiger partial charge in [0.2, 0.25) is 10.0 Å². The largest absolute Gasteiger partial charge is 0.416 e. The van der Waals surface area contributed by atoms with Crippen molar-refractivity contribution in [3.05, 3.63) is 65.2 Å². The van der Waals surface area contributed by atoms with Crippen LogP contribution in [-0.2, 0) is 33.4 Å². The molecule has 1 aliphatic rings. The number of benzene rings is 2. The fourth-order valence-corrected chi connectivity index (χ4v) is 4.60. The van der Waals surface area contributed by atoms with Gasteiger partial charge in [-0.2, -0.15) is 13.2 Å². The Morgan fingerprint density at radius 2 is 1.70 bits per heavy atom. The fourth-order valence-electron chi connectivity index (χ4n) is 3.07. The summed E-state index contributed by atoms with van der Waals surface area (Å²) in [5, 5.41) is 3.98. The minimum Gasteiger partial charge on any atom is -0.399 e. The van der Waals surface area contributed by atoms with Crippen molar-refractivity contribution in [2.24, 2.45) is 5.16 Å². The second kappa shape index (κ2) is 9.05. The highest BCUT2D eigenvalue weighted by Gasteiger charge is 2.30. The van der Waals surface area contributed by atoms with Crippen LogP contribution in [0.5, 0.6) is 0 Å². The number of piperidine rings is 1. The van der Waals surface area contributed by atoms with Gasteiger partial charge in [0, 0.05) is 31.6 Å². The summed E-state index contributed by atoms with van der Waals surface area (Å²) in [5.74, 6) is -0.105. The Labute approximate surface area is 173 Å². The van der Waals surface area contributed by atoms with E-state index in [0.717, 1.165) is 12.1 Å². The molecule has 0 amide bonds. The molecule has 2 aromatic carbocycles. The molecule has 2 N–H and O–H groups in total. The van der Waals surface area contributed by atoms with Crippen molar-refractivity contribution in [1.82, 2.24) is 4.31 Å². The zero-order chi connectivity index (χ0) is 21.8. The first-order valence-electron chi connectivity index (χ1n) is 9.29. The van der Waals surface area contributed by atoms with E-state index in [2.05, 4.69) is 5.16 Å². The third-order valence-corrected chi connectivity index (χ3v) is 6.55. The molecule has 0 aromatic heterocycles. The summed E-state index contributed by atoms with van der Waals surface area (Å²) in [6.07, 6.45) is -3.60. The van der Waals surface area contributed by atoms with Gasteiger partial charge >= 0.3 is 6.18 Å². The number of nitrogen functional groups attached to an aromatic ring is 1. The van der Waals surface area contributed by atoms with Crippen LogP contribution in [0.2, 0.25) is 0 Å². The summed E-state index contributed by atoms with van der Waals surface area (Å²) in [6.45, 7) is 0.471. The Morgan fingerprint density at radius 3 is 2.33 bits per heavy atom. The van der Waals surface area contributed by atoms with E-state index < -0.39 is 21.8 Å². The van der Waals surface area contributed by atoms with Crippen LogP contribution in [0.1, 0.15) is 29.5 Å². The lowest BCUT2D eigenvalue weighted by atomic mass is 10.1. The van der Waals surface area contributed by atoms with Crippen molar-refractivity contribution < 1.29 is 26.4 Å². The molecule has 0 atom stereocenters. The molecule has 0 radical (unpaired) electrons. The van der Waals surface area contributed by atoms with Gasteiger partial charge < -0.3 is 10.6 Å². The highest BCUT2D eigenvalue weighted by molar-refractivity contribution is 7.88. The first-order valence-corrected chi connectivity index (χ1v) is 10.9. The lowest BCUT2D eigenvalue weighted by Crippen LogP contribution is -2.39. The number of nitrogens with two attached hydrogens (primary N) is 1. The number of rotatable bonds is 6. The van der Waals surface area contributed by atoms with Gasteiger partial charge in [0.15, 0.2) is 0 Å². The molecule has 0 unspecified atom stereocenters. The third kappa shape index (κ3) is 5.96. The molecule has 6 nitrogen and oxygen atoms in total. The monoisotopic (exact) mass is 441 g/mol. The van der Waals surface area contributed by atoms with Gasteiger partial charge in [0.05, 0.1) is 17.0 Å². The molecule has 0 bridgehead atoms. The van der Waals surface area contributed by atoms with Gasteiger partial charge in [0.25, 0.3) is 0 Å². The summed E-state index contributed by atoms with van der Waals surface area (Å²) >= 11 is 0. The zero-order valence-corrected chi connectivity index (χ0v) is 16.9. The minimum atomic E-state index is -4.41. The summed E-state index contributed by atoms with van der Waals surface area (Å²) < 4.78 is 64.8. The summed E-state index contributed by atoms with van der Waals surface area (Å²) in [4.78, 5) is 5.20. The van der Waals surface area contributed by atoms with Crippen LogP contribution in [0.3, 0.4) is 0 Å². The maximum atomic E-state index is 12.7. The number of sulfonamides is 1. The number of hydrogen-bond donors (Lipinski definition) is 1. The molecule has 1 saturated heterocycles. The average Bonchev–Trinajstić information content (AvgIpc) is 2.70. The topological polar surface area (TPSA) is 85.0 Å². The van der Waals surface area contributed by atoms with Gasteiger partial charge in [-0.25, -0.2) is 12.7 Å².